The summed E-state index contributed by atoms with van der Waals surface area (Å²) in [6.07, 6.45) is 1.09. The van der Waals surface area contributed by atoms with Gasteiger partial charge in [-0.3, -0.25) is 9.69 Å². The molecular weight excluding hydrogens is 302 g/mol. The van der Waals surface area contributed by atoms with Crippen LogP contribution in [0.25, 0.3) is 10.9 Å². The molecule has 0 bridgehead atoms. The summed E-state index contributed by atoms with van der Waals surface area (Å²) in [5.74, 6) is 0. The van der Waals surface area contributed by atoms with Crippen molar-refractivity contribution in [3.8, 4) is 0 Å². The highest BCUT2D eigenvalue weighted by atomic mass is 16.5. The molecule has 1 aliphatic heterocycles. The molecule has 3 rings (SSSR count). The van der Waals surface area contributed by atoms with Gasteiger partial charge in [0.15, 0.2) is 0 Å². The molecule has 1 aromatic heterocycles. The monoisotopic (exact) mass is 329 g/mol. The molecule has 130 valence electrons. The number of benzene rings is 1. The minimum atomic E-state index is 0.00938. The Morgan fingerprint density at radius 2 is 2.00 bits per heavy atom. The second kappa shape index (κ2) is 7.92. The Morgan fingerprint density at radius 3 is 2.79 bits per heavy atom. The van der Waals surface area contributed by atoms with Crippen LogP contribution in [0.3, 0.4) is 0 Å². The number of aryl methyl sites for hydroxylation is 2. The summed E-state index contributed by atoms with van der Waals surface area (Å²) in [5.41, 5.74) is 4.10. The second-order valence-corrected chi connectivity index (χ2v) is 6.65. The molecule has 0 unspecified atom stereocenters. The fourth-order valence-corrected chi connectivity index (χ4v) is 3.34. The molecule has 1 aromatic carbocycles. The van der Waals surface area contributed by atoms with Gasteiger partial charge in [0.2, 0.25) is 0 Å². The molecule has 24 heavy (non-hydrogen) atoms. The molecule has 0 atom stereocenters. The van der Waals surface area contributed by atoms with E-state index in [0.717, 1.165) is 67.8 Å². The van der Waals surface area contributed by atoms with Crippen LogP contribution in [0.4, 0.5) is 0 Å². The van der Waals surface area contributed by atoms with Gasteiger partial charge in [-0.15, -0.1) is 0 Å². The zero-order valence-electron chi connectivity index (χ0n) is 14.7. The van der Waals surface area contributed by atoms with Gasteiger partial charge in [0.1, 0.15) is 0 Å². The first-order chi connectivity index (χ1) is 11.6. The lowest BCUT2D eigenvalue weighted by atomic mass is 10.1. The van der Waals surface area contributed by atoms with Crippen molar-refractivity contribution in [2.75, 3.05) is 39.4 Å². The Hall–Kier alpha value is -1.69. The molecule has 2 heterocycles. The number of rotatable bonds is 6. The first kappa shape index (κ1) is 17.1. The number of morpholine rings is 1. The van der Waals surface area contributed by atoms with E-state index in [2.05, 4.69) is 34.3 Å². The smallest absolute Gasteiger partial charge is 0.252 e. The Kier molecular flexibility index (Phi) is 5.66. The average Bonchev–Trinajstić information content (AvgIpc) is 2.56. The maximum atomic E-state index is 12.3. The van der Waals surface area contributed by atoms with Crippen LogP contribution in [-0.4, -0.2) is 49.3 Å². The van der Waals surface area contributed by atoms with Crippen LogP contribution in [0.2, 0.25) is 0 Å². The van der Waals surface area contributed by atoms with Crippen LogP contribution in [-0.2, 0) is 11.3 Å². The summed E-state index contributed by atoms with van der Waals surface area (Å²) in [7, 11) is 0. The lowest BCUT2D eigenvalue weighted by molar-refractivity contribution is 0.0374. The van der Waals surface area contributed by atoms with E-state index in [4.69, 9.17) is 4.74 Å². The number of hydrogen-bond donors (Lipinski definition) is 2. The summed E-state index contributed by atoms with van der Waals surface area (Å²) in [6.45, 7) is 10.5. The van der Waals surface area contributed by atoms with Gasteiger partial charge in [-0.1, -0.05) is 11.6 Å². The normalized spacial score (nSPS) is 15.9. The third kappa shape index (κ3) is 4.23. The molecule has 0 spiro atoms. The van der Waals surface area contributed by atoms with Crippen LogP contribution in [0.1, 0.15) is 23.1 Å². The van der Waals surface area contributed by atoms with Gasteiger partial charge in [-0.2, -0.15) is 0 Å². The van der Waals surface area contributed by atoms with Crippen molar-refractivity contribution >= 4 is 10.9 Å². The summed E-state index contributed by atoms with van der Waals surface area (Å²) >= 11 is 0. The number of nitrogens with one attached hydrogen (secondary N) is 2. The van der Waals surface area contributed by atoms with Crippen LogP contribution < -0.4 is 10.9 Å². The van der Waals surface area contributed by atoms with Crippen molar-refractivity contribution < 1.29 is 4.74 Å². The Morgan fingerprint density at radius 1 is 1.21 bits per heavy atom. The van der Waals surface area contributed by atoms with E-state index < -0.39 is 0 Å². The lowest BCUT2D eigenvalue weighted by Crippen LogP contribution is -2.37. The molecule has 0 amide bonds. The Bertz CT molecular complexity index is 748. The van der Waals surface area contributed by atoms with Crippen molar-refractivity contribution in [2.24, 2.45) is 0 Å². The van der Waals surface area contributed by atoms with Gasteiger partial charge in [-0.25, -0.2) is 0 Å². The number of hydrogen-bond acceptors (Lipinski definition) is 4. The highest BCUT2D eigenvalue weighted by Crippen LogP contribution is 2.17. The van der Waals surface area contributed by atoms with Crippen molar-refractivity contribution in [3.63, 3.8) is 0 Å². The topological polar surface area (TPSA) is 57.4 Å². The molecular formula is C19H27N3O2. The van der Waals surface area contributed by atoms with E-state index in [1.807, 2.05) is 13.0 Å². The van der Waals surface area contributed by atoms with Crippen LogP contribution in [0, 0.1) is 13.8 Å². The van der Waals surface area contributed by atoms with Crippen molar-refractivity contribution in [3.05, 3.63) is 45.2 Å². The number of aromatic amines is 1. The third-order valence-electron chi connectivity index (χ3n) is 4.62. The zero-order valence-corrected chi connectivity index (χ0v) is 14.7. The molecule has 2 aromatic rings. The first-order valence-corrected chi connectivity index (χ1v) is 8.77. The number of nitrogens with zero attached hydrogens (tertiary/aromatic N) is 1. The maximum absolute atomic E-state index is 12.3. The summed E-state index contributed by atoms with van der Waals surface area (Å²) in [4.78, 5) is 17.7. The fourth-order valence-electron chi connectivity index (χ4n) is 3.34. The quantitative estimate of drug-likeness (QED) is 0.796. The van der Waals surface area contributed by atoms with Gasteiger partial charge < -0.3 is 15.0 Å². The van der Waals surface area contributed by atoms with E-state index in [-0.39, 0.29) is 5.56 Å². The van der Waals surface area contributed by atoms with Crippen molar-refractivity contribution in [2.45, 2.75) is 26.8 Å². The first-order valence-electron chi connectivity index (χ1n) is 8.77. The van der Waals surface area contributed by atoms with E-state index in [1.54, 1.807) is 0 Å². The molecule has 5 heteroatoms. The Labute approximate surface area is 143 Å². The second-order valence-electron chi connectivity index (χ2n) is 6.65. The standard InChI is InChI=1S/C19H27N3O2/c1-14-10-15(2)18-16(11-14)12-17(19(23)21-18)13-20-4-3-5-22-6-8-24-9-7-22/h10-12,20H,3-9,13H2,1-2H3,(H,21,23). The molecule has 1 aliphatic rings. The minimum Gasteiger partial charge on any atom is -0.379 e. The summed E-state index contributed by atoms with van der Waals surface area (Å²) in [6, 6.07) is 6.24. The fraction of sp³-hybridized carbons (Fsp3) is 0.526. The number of H-pyrrole nitrogens is 1. The number of pyridine rings is 1. The Balaban J connectivity index is 1.55. The number of ether oxygens (including phenoxy) is 1. The van der Waals surface area contributed by atoms with E-state index in [1.165, 1.54) is 5.56 Å². The van der Waals surface area contributed by atoms with Gasteiger partial charge in [0.05, 0.1) is 18.7 Å². The predicted octanol–water partition coefficient (Wildman–Crippen LogP) is 1.96. The minimum absolute atomic E-state index is 0.00938. The SMILES string of the molecule is Cc1cc(C)c2[nH]c(=O)c(CNCCCN3CCOCC3)cc2c1. The largest absolute Gasteiger partial charge is 0.379 e. The number of fused-ring (bicyclic) bond motifs is 1. The lowest BCUT2D eigenvalue weighted by Gasteiger charge is -2.26. The third-order valence-corrected chi connectivity index (χ3v) is 4.62. The van der Waals surface area contributed by atoms with Gasteiger partial charge in [0.25, 0.3) is 5.56 Å². The molecule has 0 aliphatic carbocycles. The van der Waals surface area contributed by atoms with E-state index in [9.17, 15) is 4.79 Å². The summed E-state index contributed by atoms with van der Waals surface area (Å²) in [5, 5.41) is 4.51. The van der Waals surface area contributed by atoms with Crippen molar-refractivity contribution in [1.82, 2.24) is 15.2 Å². The summed E-state index contributed by atoms with van der Waals surface area (Å²) < 4.78 is 5.35. The highest BCUT2D eigenvalue weighted by Gasteiger charge is 2.09. The zero-order chi connectivity index (χ0) is 16.9. The number of aromatic nitrogens is 1. The predicted molar refractivity (Wildman–Crippen MR) is 97.6 cm³/mol. The molecule has 1 saturated heterocycles. The highest BCUT2D eigenvalue weighted by molar-refractivity contribution is 5.82. The van der Waals surface area contributed by atoms with E-state index >= 15 is 0 Å². The molecule has 5 nitrogen and oxygen atoms in total. The van der Waals surface area contributed by atoms with E-state index in [0.29, 0.717) is 6.54 Å². The van der Waals surface area contributed by atoms with Crippen molar-refractivity contribution in [1.29, 1.82) is 0 Å². The average molecular weight is 329 g/mol. The van der Waals surface area contributed by atoms with Crippen LogP contribution in [0.15, 0.2) is 23.0 Å². The molecule has 1 fully saturated rings. The molecule has 0 saturated carbocycles. The molecule has 2 N–H and O–H groups in total. The van der Waals surface area contributed by atoms with Gasteiger partial charge in [0, 0.05) is 25.2 Å². The molecule has 0 radical (unpaired) electrons. The maximum Gasteiger partial charge on any atom is 0.252 e. The van der Waals surface area contributed by atoms with Crippen LogP contribution in [0.5, 0.6) is 0 Å². The van der Waals surface area contributed by atoms with Crippen LogP contribution >= 0.6 is 0 Å². The van der Waals surface area contributed by atoms with Gasteiger partial charge >= 0.3 is 0 Å². The van der Waals surface area contributed by atoms with Gasteiger partial charge in [-0.05, 0) is 56.4 Å².